The van der Waals surface area contributed by atoms with Crippen LogP contribution < -0.4 is 5.73 Å². The minimum Gasteiger partial charge on any atom is -0.328 e. The van der Waals surface area contributed by atoms with Gasteiger partial charge in [-0.3, -0.25) is 0 Å². The zero-order valence-electron chi connectivity index (χ0n) is 11.4. The van der Waals surface area contributed by atoms with Crippen LogP contribution in [0, 0.1) is 5.92 Å². The molecule has 2 N–H and O–H groups in total. The molecule has 2 unspecified atom stereocenters. The molecule has 96 valence electrons. The first kappa shape index (κ1) is 14.0. The summed E-state index contributed by atoms with van der Waals surface area (Å²) in [5, 5.41) is 0. The van der Waals surface area contributed by atoms with Crippen LogP contribution in [0.4, 0.5) is 0 Å². The molecular weight excluding hydrogens is 196 g/mol. The van der Waals surface area contributed by atoms with Gasteiger partial charge in [-0.05, 0) is 45.1 Å². The molecule has 1 heterocycles. The topological polar surface area (TPSA) is 29.3 Å². The molecule has 2 nitrogen and oxygen atoms in total. The van der Waals surface area contributed by atoms with Gasteiger partial charge in [-0.1, -0.05) is 26.7 Å². The number of nitrogens with zero attached hydrogens (tertiary/aromatic N) is 1. The molecule has 1 aliphatic rings. The molecule has 1 rings (SSSR count). The van der Waals surface area contributed by atoms with E-state index in [4.69, 9.17) is 5.73 Å². The Morgan fingerprint density at radius 2 is 1.88 bits per heavy atom. The van der Waals surface area contributed by atoms with Crippen molar-refractivity contribution in [3.05, 3.63) is 0 Å². The largest absolute Gasteiger partial charge is 0.328 e. The lowest BCUT2D eigenvalue weighted by atomic mass is 9.90. The van der Waals surface area contributed by atoms with Gasteiger partial charge < -0.3 is 10.6 Å². The summed E-state index contributed by atoms with van der Waals surface area (Å²) in [4.78, 5) is 2.71. The smallest absolute Gasteiger partial charge is 0.00951 e. The molecule has 1 aliphatic heterocycles. The van der Waals surface area contributed by atoms with E-state index in [-0.39, 0.29) is 0 Å². The Hall–Kier alpha value is -0.0800. The number of nitrogens with two attached hydrogens (primary N) is 1. The summed E-state index contributed by atoms with van der Waals surface area (Å²) in [6.45, 7) is 9.31. The molecule has 1 saturated heterocycles. The number of hydrogen-bond acceptors (Lipinski definition) is 2. The van der Waals surface area contributed by atoms with Gasteiger partial charge in [0.2, 0.25) is 0 Å². The van der Waals surface area contributed by atoms with Crippen molar-refractivity contribution in [2.75, 3.05) is 13.1 Å². The van der Waals surface area contributed by atoms with E-state index < -0.39 is 0 Å². The van der Waals surface area contributed by atoms with Gasteiger partial charge >= 0.3 is 0 Å². The van der Waals surface area contributed by atoms with E-state index in [0.29, 0.717) is 6.04 Å². The van der Waals surface area contributed by atoms with Crippen LogP contribution in [0.3, 0.4) is 0 Å². The first-order valence-corrected chi connectivity index (χ1v) is 7.18. The molecule has 0 aromatic rings. The molecule has 0 aromatic carbocycles. The highest BCUT2D eigenvalue weighted by Gasteiger charge is 2.26. The van der Waals surface area contributed by atoms with Crippen molar-refractivity contribution in [3.63, 3.8) is 0 Å². The molecule has 0 saturated carbocycles. The normalized spacial score (nSPS) is 24.9. The van der Waals surface area contributed by atoms with E-state index in [9.17, 15) is 0 Å². The summed E-state index contributed by atoms with van der Waals surface area (Å²) in [7, 11) is 0. The van der Waals surface area contributed by atoms with Crippen LogP contribution in [0.5, 0.6) is 0 Å². The fourth-order valence-electron chi connectivity index (χ4n) is 2.98. The van der Waals surface area contributed by atoms with Gasteiger partial charge in [0.15, 0.2) is 0 Å². The summed E-state index contributed by atoms with van der Waals surface area (Å²) in [6.07, 6.45) is 8.02. The lowest BCUT2D eigenvalue weighted by Crippen LogP contribution is -2.46. The zero-order chi connectivity index (χ0) is 12.0. The van der Waals surface area contributed by atoms with E-state index in [1.807, 2.05) is 0 Å². The summed E-state index contributed by atoms with van der Waals surface area (Å²) in [5.74, 6) is 0.727. The molecule has 0 aliphatic carbocycles. The molecule has 2 atom stereocenters. The van der Waals surface area contributed by atoms with Crippen LogP contribution in [0.1, 0.15) is 59.3 Å². The monoisotopic (exact) mass is 226 g/mol. The number of likely N-dealkylation sites (tertiary alicyclic amines) is 1. The number of piperidine rings is 1. The second kappa shape index (κ2) is 7.29. The van der Waals surface area contributed by atoms with E-state index in [1.165, 1.54) is 51.6 Å². The lowest BCUT2D eigenvalue weighted by molar-refractivity contribution is 0.102. The van der Waals surface area contributed by atoms with Gasteiger partial charge in [0.05, 0.1) is 0 Å². The maximum Gasteiger partial charge on any atom is 0.00951 e. The SMILES string of the molecule is CCCC(CCC)N1CCCC(C(C)N)C1. The Labute approximate surface area is 102 Å². The molecule has 0 radical (unpaired) electrons. The minimum atomic E-state index is 0.367. The highest BCUT2D eigenvalue weighted by atomic mass is 15.2. The van der Waals surface area contributed by atoms with E-state index >= 15 is 0 Å². The molecular formula is C14H30N2. The first-order chi connectivity index (χ1) is 7.69. The molecule has 0 bridgehead atoms. The molecule has 0 amide bonds. The van der Waals surface area contributed by atoms with Crippen LogP contribution in [0.15, 0.2) is 0 Å². The van der Waals surface area contributed by atoms with Gasteiger partial charge in [-0.2, -0.15) is 0 Å². The lowest BCUT2D eigenvalue weighted by Gasteiger charge is -2.39. The van der Waals surface area contributed by atoms with Crippen molar-refractivity contribution in [1.82, 2.24) is 4.90 Å². The molecule has 0 aromatic heterocycles. The van der Waals surface area contributed by atoms with Crippen molar-refractivity contribution in [3.8, 4) is 0 Å². The highest BCUT2D eigenvalue weighted by molar-refractivity contribution is 4.82. The van der Waals surface area contributed by atoms with Crippen LogP contribution in [-0.2, 0) is 0 Å². The quantitative estimate of drug-likeness (QED) is 0.754. The van der Waals surface area contributed by atoms with E-state index in [0.717, 1.165) is 12.0 Å². The summed E-state index contributed by atoms with van der Waals surface area (Å²) in [5.41, 5.74) is 6.05. The summed E-state index contributed by atoms with van der Waals surface area (Å²) >= 11 is 0. The molecule has 16 heavy (non-hydrogen) atoms. The van der Waals surface area contributed by atoms with E-state index in [2.05, 4.69) is 25.7 Å². The maximum absolute atomic E-state index is 6.05. The zero-order valence-corrected chi connectivity index (χ0v) is 11.4. The van der Waals surface area contributed by atoms with Crippen LogP contribution in [0.2, 0.25) is 0 Å². The van der Waals surface area contributed by atoms with Gasteiger partial charge in [-0.15, -0.1) is 0 Å². The predicted molar refractivity (Wildman–Crippen MR) is 71.6 cm³/mol. The molecule has 0 spiro atoms. The van der Waals surface area contributed by atoms with E-state index in [1.54, 1.807) is 0 Å². The van der Waals surface area contributed by atoms with Crippen LogP contribution >= 0.6 is 0 Å². The van der Waals surface area contributed by atoms with Crippen molar-refractivity contribution in [2.24, 2.45) is 11.7 Å². The van der Waals surface area contributed by atoms with Crippen molar-refractivity contribution >= 4 is 0 Å². The predicted octanol–water partition coefficient (Wildman–Crippen LogP) is 3.01. The van der Waals surface area contributed by atoms with Crippen molar-refractivity contribution in [2.45, 2.75) is 71.4 Å². The molecule has 2 heteroatoms. The third-order valence-corrected chi connectivity index (χ3v) is 3.99. The second-order valence-corrected chi connectivity index (χ2v) is 5.49. The van der Waals surface area contributed by atoms with Crippen LogP contribution in [0.25, 0.3) is 0 Å². The highest BCUT2D eigenvalue weighted by Crippen LogP contribution is 2.24. The fourth-order valence-corrected chi connectivity index (χ4v) is 2.98. The summed E-state index contributed by atoms with van der Waals surface area (Å²) < 4.78 is 0. The van der Waals surface area contributed by atoms with Gasteiger partial charge in [0, 0.05) is 18.6 Å². The average Bonchev–Trinajstić information content (AvgIpc) is 2.29. The average molecular weight is 226 g/mol. The number of hydrogen-bond donors (Lipinski definition) is 1. The van der Waals surface area contributed by atoms with Crippen molar-refractivity contribution in [1.29, 1.82) is 0 Å². The first-order valence-electron chi connectivity index (χ1n) is 7.18. The third-order valence-electron chi connectivity index (χ3n) is 3.99. The third kappa shape index (κ3) is 4.06. The molecule has 1 fully saturated rings. The number of rotatable bonds is 6. The Morgan fingerprint density at radius 3 is 2.38 bits per heavy atom. The van der Waals surface area contributed by atoms with Gasteiger partial charge in [0.25, 0.3) is 0 Å². The Morgan fingerprint density at radius 1 is 1.25 bits per heavy atom. The van der Waals surface area contributed by atoms with Crippen molar-refractivity contribution < 1.29 is 0 Å². The van der Waals surface area contributed by atoms with Gasteiger partial charge in [-0.25, -0.2) is 0 Å². The minimum absolute atomic E-state index is 0.367. The standard InChI is InChI=1S/C14H30N2/c1-4-7-14(8-5-2)16-10-6-9-13(11-16)12(3)15/h12-14H,4-11,15H2,1-3H3. The van der Waals surface area contributed by atoms with Crippen LogP contribution in [-0.4, -0.2) is 30.1 Å². The fraction of sp³-hybridized carbons (Fsp3) is 1.00. The van der Waals surface area contributed by atoms with Gasteiger partial charge in [0.1, 0.15) is 0 Å². The summed E-state index contributed by atoms with van der Waals surface area (Å²) in [6, 6.07) is 1.18. The Kier molecular flexibility index (Phi) is 6.37. The Bertz CT molecular complexity index is 174. The second-order valence-electron chi connectivity index (χ2n) is 5.49. The Balaban J connectivity index is 2.48. The maximum atomic E-state index is 6.05.